The Morgan fingerprint density at radius 3 is 2.39 bits per heavy atom. The van der Waals surface area contributed by atoms with Crippen LogP contribution in [-0.4, -0.2) is 66.7 Å². The van der Waals surface area contributed by atoms with Crippen LogP contribution in [0.2, 0.25) is 0 Å². The van der Waals surface area contributed by atoms with Crippen LogP contribution in [0.4, 0.5) is 5.69 Å². The molecule has 176 valence electrons. The van der Waals surface area contributed by atoms with Crippen molar-refractivity contribution in [2.24, 2.45) is 0 Å². The predicted octanol–water partition coefficient (Wildman–Crippen LogP) is 1.07. The molecule has 1 aromatic rings. The summed E-state index contributed by atoms with van der Waals surface area (Å²) in [5, 5.41) is 24.7. The maximum absolute atomic E-state index is 13.4. The third-order valence-electron chi connectivity index (χ3n) is 6.07. The number of aliphatic hydroxyl groups excluding tert-OH is 1. The number of carbonyl (C=O) groups excluding carboxylic acids is 2. The number of carbonyl (C=O) groups is 2. The van der Waals surface area contributed by atoms with Gasteiger partial charge in [-0.05, 0) is 13.8 Å². The Hall–Kier alpha value is -3.28. The van der Waals surface area contributed by atoms with Crippen molar-refractivity contribution in [1.82, 2.24) is 5.32 Å². The van der Waals surface area contributed by atoms with Gasteiger partial charge in [-0.3, -0.25) is 10.1 Å². The van der Waals surface area contributed by atoms with Crippen LogP contribution in [0.5, 0.6) is 0 Å². The third-order valence-corrected chi connectivity index (χ3v) is 6.07. The fourth-order valence-electron chi connectivity index (χ4n) is 4.60. The molecule has 3 heterocycles. The standard InChI is InChI=1S/C22H24N2O9/c1-10-16(21(26)30-3)18(12-6-4-5-7-13(12)24(28)29)17(11(2)23-10)22(27)33-15-9-32-19-14(25)8-31-20(15)19/h4-7,14-15,18-20,23,25H,8-9H2,1-3H3/t14-,15+,18+,19+,20+/m0/s1. The molecule has 0 aliphatic carbocycles. The summed E-state index contributed by atoms with van der Waals surface area (Å²) in [5.74, 6) is -2.61. The number of para-hydroxylation sites is 1. The van der Waals surface area contributed by atoms with Crippen molar-refractivity contribution < 1.29 is 38.6 Å². The molecule has 0 radical (unpaired) electrons. The molecule has 3 aliphatic rings. The van der Waals surface area contributed by atoms with E-state index in [0.717, 1.165) is 0 Å². The van der Waals surface area contributed by atoms with Crippen molar-refractivity contribution in [2.75, 3.05) is 20.3 Å². The van der Waals surface area contributed by atoms with Gasteiger partial charge in [-0.15, -0.1) is 0 Å². The minimum Gasteiger partial charge on any atom is -0.466 e. The van der Waals surface area contributed by atoms with Crippen LogP contribution in [0.3, 0.4) is 0 Å². The first-order valence-corrected chi connectivity index (χ1v) is 10.4. The molecular formula is C22H24N2O9. The number of benzene rings is 1. The molecule has 5 atom stereocenters. The molecule has 0 aromatic heterocycles. The van der Waals surface area contributed by atoms with Crippen molar-refractivity contribution in [3.05, 3.63) is 62.5 Å². The lowest BCUT2D eigenvalue weighted by Gasteiger charge is -2.30. The van der Waals surface area contributed by atoms with E-state index >= 15 is 0 Å². The molecule has 0 spiro atoms. The lowest BCUT2D eigenvalue weighted by Crippen LogP contribution is -2.37. The lowest BCUT2D eigenvalue weighted by molar-refractivity contribution is -0.385. The number of fused-ring (bicyclic) bond motifs is 1. The monoisotopic (exact) mass is 460 g/mol. The number of nitrogens with zero attached hydrogens (tertiary/aromatic N) is 1. The minimum atomic E-state index is -1.10. The Morgan fingerprint density at radius 2 is 1.73 bits per heavy atom. The van der Waals surface area contributed by atoms with E-state index in [-0.39, 0.29) is 35.6 Å². The van der Waals surface area contributed by atoms with Crippen molar-refractivity contribution in [1.29, 1.82) is 0 Å². The fraction of sp³-hybridized carbons (Fsp3) is 0.455. The van der Waals surface area contributed by atoms with Crippen LogP contribution >= 0.6 is 0 Å². The van der Waals surface area contributed by atoms with Gasteiger partial charge in [0.2, 0.25) is 0 Å². The summed E-state index contributed by atoms with van der Waals surface area (Å²) < 4.78 is 21.7. The summed E-state index contributed by atoms with van der Waals surface area (Å²) in [6.45, 7) is 3.36. The van der Waals surface area contributed by atoms with Crippen LogP contribution < -0.4 is 5.32 Å². The number of nitro benzene ring substituents is 1. The van der Waals surface area contributed by atoms with Gasteiger partial charge in [0, 0.05) is 23.0 Å². The molecule has 11 nitrogen and oxygen atoms in total. The van der Waals surface area contributed by atoms with Crippen molar-refractivity contribution >= 4 is 17.6 Å². The molecule has 33 heavy (non-hydrogen) atoms. The summed E-state index contributed by atoms with van der Waals surface area (Å²) in [4.78, 5) is 37.3. The van der Waals surface area contributed by atoms with Gasteiger partial charge >= 0.3 is 11.9 Å². The number of allylic oxidation sites excluding steroid dienone is 2. The number of nitro groups is 1. The molecular weight excluding hydrogens is 436 g/mol. The molecule has 4 rings (SSSR count). The summed E-state index contributed by atoms with van der Waals surface area (Å²) >= 11 is 0. The fourth-order valence-corrected chi connectivity index (χ4v) is 4.60. The van der Waals surface area contributed by atoms with Crippen molar-refractivity contribution in [3.63, 3.8) is 0 Å². The minimum absolute atomic E-state index is 0.0345. The van der Waals surface area contributed by atoms with Gasteiger partial charge in [0.25, 0.3) is 5.69 Å². The van der Waals surface area contributed by atoms with Gasteiger partial charge in [0.1, 0.15) is 18.3 Å². The van der Waals surface area contributed by atoms with E-state index in [4.69, 9.17) is 18.9 Å². The predicted molar refractivity (Wildman–Crippen MR) is 112 cm³/mol. The number of rotatable bonds is 5. The Morgan fingerprint density at radius 1 is 1.09 bits per heavy atom. The molecule has 1 aromatic carbocycles. The first-order chi connectivity index (χ1) is 15.7. The summed E-state index contributed by atoms with van der Waals surface area (Å²) in [6, 6.07) is 5.90. The maximum Gasteiger partial charge on any atom is 0.337 e. The Balaban J connectivity index is 1.75. The van der Waals surface area contributed by atoms with Crippen LogP contribution in [0.1, 0.15) is 25.3 Å². The zero-order valence-electron chi connectivity index (χ0n) is 18.3. The second-order valence-electron chi connectivity index (χ2n) is 8.05. The highest BCUT2D eigenvalue weighted by atomic mass is 16.6. The summed E-state index contributed by atoms with van der Waals surface area (Å²) in [6.07, 6.45) is -2.81. The number of nitrogens with one attached hydrogen (secondary N) is 1. The molecule has 2 N–H and O–H groups in total. The van der Waals surface area contributed by atoms with Crippen molar-refractivity contribution in [2.45, 2.75) is 44.2 Å². The number of esters is 2. The Bertz CT molecular complexity index is 1060. The van der Waals surface area contributed by atoms with Gasteiger partial charge < -0.3 is 29.4 Å². The third kappa shape index (κ3) is 3.99. The van der Waals surface area contributed by atoms with E-state index in [2.05, 4.69) is 5.32 Å². The summed E-state index contributed by atoms with van der Waals surface area (Å²) in [7, 11) is 1.20. The number of aliphatic hydroxyl groups is 1. The molecule has 0 unspecified atom stereocenters. The zero-order chi connectivity index (χ0) is 23.9. The largest absolute Gasteiger partial charge is 0.466 e. The second-order valence-corrected chi connectivity index (χ2v) is 8.05. The van der Waals surface area contributed by atoms with E-state index in [0.29, 0.717) is 11.4 Å². The number of hydrogen-bond donors (Lipinski definition) is 2. The van der Waals surface area contributed by atoms with Crippen LogP contribution in [-0.2, 0) is 28.5 Å². The van der Waals surface area contributed by atoms with E-state index in [1.807, 2.05) is 0 Å². The second kappa shape index (κ2) is 8.93. The number of methoxy groups -OCH3 is 1. The van der Waals surface area contributed by atoms with E-state index in [1.54, 1.807) is 19.9 Å². The number of hydrogen-bond acceptors (Lipinski definition) is 10. The topological polar surface area (TPSA) is 146 Å². The normalized spacial score (nSPS) is 28.9. The van der Waals surface area contributed by atoms with E-state index in [9.17, 15) is 24.8 Å². The molecule has 3 aliphatic heterocycles. The van der Waals surface area contributed by atoms with E-state index < -0.39 is 47.2 Å². The molecule has 2 saturated heterocycles. The van der Waals surface area contributed by atoms with Crippen LogP contribution in [0.25, 0.3) is 0 Å². The SMILES string of the molecule is COC(=O)C1=C(C)NC(C)=C(C(=O)O[C@@H]2CO[C@H]3[C@@H]2OC[C@@H]3O)[C@@H]1c1ccccc1[N+](=O)[O-]. The quantitative estimate of drug-likeness (QED) is 0.372. The lowest BCUT2D eigenvalue weighted by atomic mass is 9.79. The highest BCUT2D eigenvalue weighted by molar-refractivity contribution is 6.00. The average Bonchev–Trinajstić information content (AvgIpc) is 3.35. The van der Waals surface area contributed by atoms with E-state index in [1.165, 1.54) is 25.3 Å². The van der Waals surface area contributed by atoms with Gasteiger partial charge in [-0.25, -0.2) is 9.59 Å². The highest BCUT2D eigenvalue weighted by Gasteiger charge is 2.50. The molecule has 0 saturated carbocycles. The van der Waals surface area contributed by atoms with Gasteiger partial charge in [0.05, 0.1) is 42.3 Å². The van der Waals surface area contributed by atoms with Gasteiger partial charge in [0.15, 0.2) is 6.10 Å². The number of ether oxygens (including phenoxy) is 4. The Labute approximate surface area is 189 Å². The molecule has 0 amide bonds. The Kier molecular flexibility index (Phi) is 6.19. The molecule has 0 bridgehead atoms. The molecule has 11 heteroatoms. The van der Waals surface area contributed by atoms with Gasteiger partial charge in [-0.2, -0.15) is 0 Å². The maximum atomic E-state index is 13.4. The smallest absolute Gasteiger partial charge is 0.337 e. The van der Waals surface area contributed by atoms with Gasteiger partial charge in [-0.1, -0.05) is 18.2 Å². The highest BCUT2D eigenvalue weighted by Crippen LogP contribution is 2.43. The average molecular weight is 460 g/mol. The molecule has 2 fully saturated rings. The number of dihydropyridines is 1. The first-order valence-electron chi connectivity index (χ1n) is 10.4. The first kappa shape index (κ1) is 22.9. The van der Waals surface area contributed by atoms with Crippen LogP contribution in [0.15, 0.2) is 46.8 Å². The zero-order valence-corrected chi connectivity index (χ0v) is 18.3. The van der Waals surface area contributed by atoms with Crippen molar-refractivity contribution in [3.8, 4) is 0 Å². The summed E-state index contributed by atoms with van der Waals surface area (Å²) in [5.41, 5.74) is 0.808. The van der Waals surface area contributed by atoms with Crippen LogP contribution in [0, 0.1) is 10.1 Å².